The van der Waals surface area contributed by atoms with Gasteiger partial charge >= 0.3 is 5.63 Å². The normalized spacial score (nSPS) is 11.2. The van der Waals surface area contributed by atoms with E-state index < -0.39 is 0 Å². The Kier molecular flexibility index (Phi) is 3.85. The minimum Gasteiger partial charge on any atom is -0.422 e. The van der Waals surface area contributed by atoms with Gasteiger partial charge in [-0.2, -0.15) is 0 Å². The molecule has 2 aromatic carbocycles. The average Bonchev–Trinajstić information content (AvgIpc) is 2.49. The van der Waals surface area contributed by atoms with Crippen LogP contribution in [0.1, 0.15) is 25.3 Å². The number of fused-ring (bicyclic) bond motifs is 1. The third-order valence-corrected chi connectivity index (χ3v) is 4.59. The van der Waals surface area contributed by atoms with E-state index >= 15 is 0 Å². The summed E-state index contributed by atoms with van der Waals surface area (Å²) in [5.74, 6) is 0.402. The second-order valence-electron chi connectivity index (χ2n) is 5.35. The molecule has 0 atom stereocenters. The molecule has 0 fully saturated rings. The summed E-state index contributed by atoms with van der Waals surface area (Å²) in [6, 6.07) is 16.1. The van der Waals surface area contributed by atoms with Gasteiger partial charge in [-0.05, 0) is 45.7 Å². The van der Waals surface area contributed by atoms with Gasteiger partial charge in [0.2, 0.25) is 0 Å². The minimum absolute atomic E-state index is 0.275. The predicted octanol–water partition coefficient (Wildman–Crippen LogP) is 5.19. The summed E-state index contributed by atoms with van der Waals surface area (Å²) in [4.78, 5) is 12.1. The molecular formula is C18H15IO2. The van der Waals surface area contributed by atoms with Crippen molar-refractivity contribution >= 4 is 33.6 Å². The fraction of sp³-hybridized carbons (Fsp3) is 0.167. The molecular weight excluding hydrogens is 375 g/mol. The summed E-state index contributed by atoms with van der Waals surface area (Å²) in [5.41, 5.74) is 3.55. The van der Waals surface area contributed by atoms with Crippen molar-refractivity contribution in [1.82, 2.24) is 0 Å². The van der Waals surface area contributed by atoms with Gasteiger partial charge in [-0.3, -0.25) is 0 Å². The predicted molar refractivity (Wildman–Crippen MR) is 94.7 cm³/mol. The zero-order valence-corrected chi connectivity index (χ0v) is 14.0. The van der Waals surface area contributed by atoms with Gasteiger partial charge in [-0.15, -0.1) is 0 Å². The molecule has 0 aliphatic carbocycles. The van der Waals surface area contributed by atoms with E-state index in [9.17, 15) is 4.79 Å². The van der Waals surface area contributed by atoms with Gasteiger partial charge in [0.1, 0.15) is 9.15 Å². The van der Waals surface area contributed by atoms with Crippen molar-refractivity contribution in [1.29, 1.82) is 0 Å². The molecule has 0 aliphatic heterocycles. The van der Waals surface area contributed by atoms with E-state index in [0.29, 0.717) is 15.1 Å². The van der Waals surface area contributed by atoms with Crippen LogP contribution in [0.15, 0.2) is 57.7 Å². The van der Waals surface area contributed by atoms with Crippen molar-refractivity contribution in [2.45, 2.75) is 19.8 Å². The zero-order chi connectivity index (χ0) is 15.0. The second kappa shape index (κ2) is 5.64. The van der Waals surface area contributed by atoms with Crippen LogP contribution in [-0.2, 0) is 0 Å². The highest BCUT2D eigenvalue weighted by molar-refractivity contribution is 14.1. The van der Waals surface area contributed by atoms with Crippen LogP contribution in [0.25, 0.3) is 22.1 Å². The quantitative estimate of drug-likeness (QED) is 0.446. The van der Waals surface area contributed by atoms with Crippen molar-refractivity contribution in [3.05, 3.63) is 68.1 Å². The van der Waals surface area contributed by atoms with Crippen molar-refractivity contribution in [3.63, 3.8) is 0 Å². The lowest BCUT2D eigenvalue weighted by Gasteiger charge is -2.11. The maximum Gasteiger partial charge on any atom is 0.350 e. The summed E-state index contributed by atoms with van der Waals surface area (Å²) in [6.07, 6.45) is 0. The first-order chi connectivity index (χ1) is 10.1. The molecule has 1 heterocycles. The van der Waals surface area contributed by atoms with E-state index in [0.717, 1.165) is 16.5 Å². The maximum absolute atomic E-state index is 12.1. The van der Waals surface area contributed by atoms with Crippen LogP contribution in [0.3, 0.4) is 0 Å². The largest absolute Gasteiger partial charge is 0.422 e. The molecule has 0 amide bonds. The van der Waals surface area contributed by atoms with Crippen LogP contribution in [0.2, 0.25) is 0 Å². The average molecular weight is 390 g/mol. The first kappa shape index (κ1) is 14.3. The molecule has 106 valence electrons. The Balaban J connectivity index is 2.38. The Morgan fingerprint density at radius 3 is 2.43 bits per heavy atom. The van der Waals surface area contributed by atoms with Gasteiger partial charge in [0.25, 0.3) is 0 Å². The van der Waals surface area contributed by atoms with Crippen LogP contribution in [0.5, 0.6) is 0 Å². The Labute approximate surface area is 136 Å². The Morgan fingerprint density at radius 2 is 1.76 bits per heavy atom. The number of rotatable bonds is 2. The summed E-state index contributed by atoms with van der Waals surface area (Å²) in [6.45, 7) is 4.26. The molecule has 0 spiro atoms. The van der Waals surface area contributed by atoms with E-state index in [1.807, 2.05) is 36.4 Å². The first-order valence-electron chi connectivity index (χ1n) is 6.89. The maximum atomic E-state index is 12.1. The fourth-order valence-electron chi connectivity index (χ4n) is 2.44. The molecule has 2 nitrogen and oxygen atoms in total. The Hall–Kier alpha value is -1.62. The highest BCUT2D eigenvalue weighted by Crippen LogP contribution is 2.32. The van der Waals surface area contributed by atoms with Crippen LogP contribution < -0.4 is 5.63 Å². The van der Waals surface area contributed by atoms with Crippen LogP contribution >= 0.6 is 22.6 Å². The zero-order valence-electron chi connectivity index (χ0n) is 11.9. The lowest BCUT2D eigenvalue weighted by atomic mass is 9.98. The topological polar surface area (TPSA) is 30.2 Å². The number of hydrogen-bond acceptors (Lipinski definition) is 2. The van der Waals surface area contributed by atoms with Gasteiger partial charge in [-0.1, -0.05) is 56.3 Å². The third-order valence-electron chi connectivity index (χ3n) is 3.61. The molecule has 21 heavy (non-hydrogen) atoms. The molecule has 0 bridgehead atoms. The standard InChI is InChI=1S/C18H15IO2/c1-11(2)13-8-9-14-15(10-13)21-18(20)17(19)16(14)12-6-4-3-5-7-12/h3-11H,1-2H3. The number of halogens is 1. The lowest BCUT2D eigenvalue weighted by molar-refractivity contribution is 0.556. The van der Waals surface area contributed by atoms with E-state index in [2.05, 4.69) is 48.6 Å². The van der Waals surface area contributed by atoms with Gasteiger partial charge in [0.05, 0.1) is 0 Å². The van der Waals surface area contributed by atoms with Crippen molar-refractivity contribution in [3.8, 4) is 11.1 Å². The molecule has 0 unspecified atom stereocenters. The molecule has 0 radical (unpaired) electrons. The van der Waals surface area contributed by atoms with E-state index in [1.165, 1.54) is 5.56 Å². The molecule has 3 rings (SSSR count). The van der Waals surface area contributed by atoms with Crippen LogP contribution in [0, 0.1) is 3.57 Å². The number of benzene rings is 2. The van der Waals surface area contributed by atoms with Crippen molar-refractivity contribution in [2.75, 3.05) is 0 Å². The fourth-order valence-corrected chi connectivity index (χ4v) is 3.15. The van der Waals surface area contributed by atoms with Crippen LogP contribution in [0.4, 0.5) is 0 Å². The van der Waals surface area contributed by atoms with Gasteiger partial charge in [-0.25, -0.2) is 4.79 Å². The molecule has 0 N–H and O–H groups in total. The van der Waals surface area contributed by atoms with E-state index in [4.69, 9.17) is 4.42 Å². The highest BCUT2D eigenvalue weighted by Gasteiger charge is 2.14. The summed E-state index contributed by atoms with van der Waals surface area (Å²) in [7, 11) is 0. The van der Waals surface area contributed by atoms with E-state index in [1.54, 1.807) is 0 Å². The molecule has 0 saturated carbocycles. The van der Waals surface area contributed by atoms with Gasteiger partial charge in [0, 0.05) is 10.9 Å². The SMILES string of the molecule is CC(C)c1ccc2c(-c3ccccc3)c(I)c(=O)oc2c1. The minimum atomic E-state index is -0.275. The molecule has 0 saturated heterocycles. The van der Waals surface area contributed by atoms with Gasteiger partial charge < -0.3 is 4.42 Å². The molecule has 0 aliphatic rings. The smallest absolute Gasteiger partial charge is 0.350 e. The monoisotopic (exact) mass is 390 g/mol. The number of hydrogen-bond donors (Lipinski definition) is 0. The van der Waals surface area contributed by atoms with E-state index in [-0.39, 0.29) is 5.63 Å². The molecule has 1 aromatic heterocycles. The summed E-state index contributed by atoms with van der Waals surface area (Å²) >= 11 is 2.07. The van der Waals surface area contributed by atoms with Crippen molar-refractivity contribution in [2.24, 2.45) is 0 Å². The van der Waals surface area contributed by atoms with Gasteiger partial charge in [0.15, 0.2) is 0 Å². The summed E-state index contributed by atoms with van der Waals surface area (Å²) in [5, 5.41) is 0.981. The Bertz CT molecular complexity index is 848. The molecule has 3 heteroatoms. The summed E-state index contributed by atoms with van der Waals surface area (Å²) < 4.78 is 6.11. The van der Waals surface area contributed by atoms with Crippen molar-refractivity contribution < 1.29 is 4.42 Å². The molecule has 3 aromatic rings. The Morgan fingerprint density at radius 1 is 1.05 bits per heavy atom. The highest BCUT2D eigenvalue weighted by atomic mass is 127. The second-order valence-corrected chi connectivity index (χ2v) is 6.43. The van der Waals surface area contributed by atoms with Crippen LogP contribution in [-0.4, -0.2) is 0 Å². The third kappa shape index (κ3) is 2.62. The first-order valence-corrected chi connectivity index (χ1v) is 7.97. The lowest BCUT2D eigenvalue weighted by Crippen LogP contribution is -2.06.